The molecule has 8 heteroatoms. The van der Waals surface area contributed by atoms with E-state index in [1.165, 1.54) is 11.3 Å². The monoisotopic (exact) mass is 317 g/mol. The fraction of sp³-hybridized carbons (Fsp3) is 0.286. The number of benzene rings is 1. The molecule has 3 aromatic rings. The second kappa shape index (κ2) is 6.20. The van der Waals surface area contributed by atoms with Gasteiger partial charge in [-0.3, -0.25) is 10.1 Å². The lowest BCUT2D eigenvalue weighted by molar-refractivity contribution is -0.724. The summed E-state index contributed by atoms with van der Waals surface area (Å²) in [6, 6.07) is 5.50. The van der Waals surface area contributed by atoms with Crippen molar-refractivity contribution in [3.8, 4) is 0 Å². The summed E-state index contributed by atoms with van der Waals surface area (Å²) >= 11 is 1.38. The van der Waals surface area contributed by atoms with Crippen LogP contribution in [0.3, 0.4) is 0 Å². The lowest BCUT2D eigenvalue weighted by atomic mass is 10.2. The number of nitrogens with two attached hydrogens (primary N) is 1. The number of amides is 1. The molecule has 0 spiro atoms. The molecule has 0 fully saturated rings. The van der Waals surface area contributed by atoms with Gasteiger partial charge in [-0.15, -0.1) is 0 Å². The number of anilines is 1. The van der Waals surface area contributed by atoms with E-state index in [1.807, 2.05) is 23.2 Å². The largest absolute Gasteiger partial charge is 0.331 e. The van der Waals surface area contributed by atoms with Crippen molar-refractivity contribution in [3.63, 3.8) is 0 Å². The summed E-state index contributed by atoms with van der Waals surface area (Å²) in [6.07, 6.45) is 2.68. The zero-order valence-electron chi connectivity index (χ0n) is 12.2. The molecule has 0 radical (unpaired) electrons. The first-order valence-corrected chi connectivity index (χ1v) is 7.83. The van der Waals surface area contributed by atoms with Crippen molar-refractivity contribution in [1.29, 1.82) is 0 Å². The molecule has 0 aliphatic rings. The van der Waals surface area contributed by atoms with Crippen LogP contribution < -0.4 is 15.7 Å². The van der Waals surface area contributed by atoms with Crippen molar-refractivity contribution in [2.24, 2.45) is 12.8 Å². The molecule has 7 nitrogen and oxygen atoms in total. The maximum absolute atomic E-state index is 12.2. The zero-order chi connectivity index (χ0) is 15.5. The van der Waals surface area contributed by atoms with Crippen LogP contribution in [-0.4, -0.2) is 27.1 Å². The average Bonchev–Trinajstić information content (AvgIpc) is 3.10. The first-order chi connectivity index (χ1) is 10.7. The van der Waals surface area contributed by atoms with Crippen LogP contribution in [0.4, 0.5) is 5.13 Å². The van der Waals surface area contributed by atoms with Gasteiger partial charge >= 0.3 is 0 Å². The van der Waals surface area contributed by atoms with Gasteiger partial charge in [-0.25, -0.2) is 4.98 Å². The van der Waals surface area contributed by atoms with E-state index in [4.69, 9.17) is 5.73 Å². The van der Waals surface area contributed by atoms with Crippen LogP contribution in [-0.2, 0) is 13.6 Å². The van der Waals surface area contributed by atoms with Gasteiger partial charge in [0.15, 0.2) is 7.05 Å². The second-order valence-corrected chi connectivity index (χ2v) is 5.77. The number of hydrogen-bond acceptors (Lipinski definition) is 5. The van der Waals surface area contributed by atoms with E-state index >= 15 is 0 Å². The van der Waals surface area contributed by atoms with Crippen molar-refractivity contribution in [2.45, 2.75) is 13.0 Å². The number of fused-ring (bicyclic) bond motifs is 1. The Labute approximate surface area is 131 Å². The van der Waals surface area contributed by atoms with Gasteiger partial charge in [0, 0.05) is 17.2 Å². The molecule has 0 bridgehead atoms. The van der Waals surface area contributed by atoms with E-state index in [-0.39, 0.29) is 5.91 Å². The Morgan fingerprint density at radius 3 is 3.09 bits per heavy atom. The Morgan fingerprint density at radius 1 is 1.50 bits per heavy atom. The zero-order valence-corrected chi connectivity index (χ0v) is 13.0. The molecular weight excluding hydrogens is 300 g/mol. The number of aromatic nitrogens is 4. The molecule has 1 amide bonds. The smallest absolute Gasteiger partial charge is 0.261 e. The normalized spacial score (nSPS) is 11.0. The van der Waals surface area contributed by atoms with E-state index < -0.39 is 0 Å². The van der Waals surface area contributed by atoms with Gasteiger partial charge in [0.25, 0.3) is 16.5 Å². The topological polar surface area (TPSA) is 89.7 Å². The van der Waals surface area contributed by atoms with Crippen molar-refractivity contribution >= 4 is 33.4 Å². The molecule has 2 heterocycles. The standard InChI is InChI=1S/C14H16N6OS/c1-19-9-22-14(18-19)17-13(21)10-3-4-12-11(7-10)16-8-20(12)6-2-5-15/h3-4,7-9H,2,5-6,15H2,1H3/p+1. The molecule has 0 unspecified atom stereocenters. The van der Waals surface area contributed by atoms with Gasteiger partial charge in [0.2, 0.25) is 0 Å². The number of nitrogens with one attached hydrogen (secondary N) is 1. The van der Waals surface area contributed by atoms with E-state index in [0.29, 0.717) is 17.2 Å². The van der Waals surface area contributed by atoms with Crippen LogP contribution in [0.25, 0.3) is 11.0 Å². The minimum absolute atomic E-state index is 0.187. The van der Waals surface area contributed by atoms with Crippen LogP contribution in [0.5, 0.6) is 0 Å². The van der Waals surface area contributed by atoms with Gasteiger partial charge in [0.05, 0.1) is 17.4 Å². The van der Waals surface area contributed by atoms with Gasteiger partial charge < -0.3 is 10.3 Å². The first kappa shape index (κ1) is 14.6. The predicted molar refractivity (Wildman–Crippen MR) is 84.6 cm³/mol. The van der Waals surface area contributed by atoms with E-state index in [1.54, 1.807) is 23.1 Å². The molecule has 2 aromatic heterocycles. The maximum atomic E-state index is 12.2. The quantitative estimate of drug-likeness (QED) is 0.685. The first-order valence-electron chi connectivity index (χ1n) is 6.95. The predicted octanol–water partition coefficient (Wildman–Crippen LogP) is 0.918. The van der Waals surface area contributed by atoms with Gasteiger partial charge in [-0.2, -0.15) is 0 Å². The van der Waals surface area contributed by atoms with Crippen LogP contribution in [0, 0.1) is 0 Å². The summed E-state index contributed by atoms with van der Waals surface area (Å²) in [5.41, 5.74) is 9.72. The average molecular weight is 317 g/mol. The number of carbonyl (C=O) groups is 1. The second-order valence-electron chi connectivity index (χ2n) is 4.94. The van der Waals surface area contributed by atoms with Crippen LogP contribution in [0.1, 0.15) is 16.8 Å². The highest BCUT2D eigenvalue weighted by molar-refractivity contribution is 7.13. The molecule has 3 rings (SSSR count). The van der Waals surface area contributed by atoms with Crippen molar-refractivity contribution < 1.29 is 9.48 Å². The van der Waals surface area contributed by atoms with Crippen LogP contribution >= 0.6 is 11.3 Å². The molecule has 0 aliphatic heterocycles. The van der Waals surface area contributed by atoms with E-state index in [9.17, 15) is 4.79 Å². The highest BCUT2D eigenvalue weighted by Gasteiger charge is 2.13. The minimum Gasteiger partial charge on any atom is -0.331 e. The molecule has 0 aliphatic carbocycles. The Morgan fingerprint density at radius 2 is 2.36 bits per heavy atom. The molecule has 0 saturated carbocycles. The summed E-state index contributed by atoms with van der Waals surface area (Å²) in [4.78, 5) is 16.6. The van der Waals surface area contributed by atoms with E-state index in [0.717, 1.165) is 24.0 Å². The van der Waals surface area contributed by atoms with Gasteiger partial charge in [0.1, 0.15) is 0 Å². The minimum atomic E-state index is -0.187. The number of hydrogen-bond donors (Lipinski definition) is 2. The number of rotatable bonds is 5. The molecule has 22 heavy (non-hydrogen) atoms. The summed E-state index contributed by atoms with van der Waals surface area (Å²) < 4.78 is 3.70. The molecule has 3 N–H and O–H groups in total. The lowest BCUT2D eigenvalue weighted by Crippen LogP contribution is -2.28. The molecule has 114 valence electrons. The molecule has 1 aromatic carbocycles. The van der Waals surface area contributed by atoms with Crippen LogP contribution in [0.15, 0.2) is 30.0 Å². The fourth-order valence-electron chi connectivity index (χ4n) is 2.19. The third-order valence-electron chi connectivity index (χ3n) is 3.27. The fourth-order valence-corrected chi connectivity index (χ4v) is 2.81. The number of nitrogens with zero attached hydrogens (tertiary/aromatic N) is 4. The SMILES string of the molecule is C[n+]1csc(NC(=O)c2ccc3c(c2)ncn3CCCN)n1. The maximum Gasteiger partial charge on any atom is 0.261 e. The molecular formula is C14H17N6OS+. The van der Waals surface area contributed by atoms with Crippen molar-refractivity contribution in [1.82, 2.24) is 14.6 Å². The highest BCUT2D eigenvalue weighted by Crippen LogP contribution is 2.17. The number of carbonyl (C=O) groups excluding carboxylic acids is 1. The molecule has 0 saturated heterocycles. The summed E-state index contributed by atoms with van der Waals surface area (Å²) in [5, 5.41) is 7.50. The number of aryl methyl sites for hydroxylation is 2. The lowest BCUT2D eigenvalue weighted by Gasteiger charge is -2.04. The van der Waals surface area contributed by atoms with Crippen molar-refractivity contribution in [2.75, 3.05) is 11.9 Å². The van der Waals surface area contributed by atoms with Gasteiger partial charge in [-0.1, -0.05) is 4.68 Å². The van der Waals surface area contributed by atoms with Gasteiger partial charge in [-0.05, 0) is 42.5 Å². The Kier molecular flexibility index (Phi) is 4.12. The third-order valence-corrected chi connectivity index (χ3v) is 4.09. The summed E-state index contributed by atoms with van der Waals surface area (Å²) in [5.74, 6) is -0.187. The Bertz CT molecular complexity index is 809. The third kappa shape index (κ3) is 2.97. The Hall–Kier alpha value is -2.32. The Balaban J connectivity index is 1.81. The molecule has 0 atom stereocenters. The summed E-state index contributed by atoms with van der Waals surface area (Å²) in [7, 11) is 1.81. The van der Waals surface area contributed by atoms with E-state index in [2.05, 4.69) is 15.4 Å². The highest BCUT2D eigenvalue weighted by atomic mass is 32.1. The summed E-state index contributed by atoms with van der Waals surface area (Å²) in [6.45, 7) is 1.47. The van der Waals surface area contributed by atoms with Crippen LogP contribution in [0.2, 0.25) is 0 Å². The number of imidazole rings is 1. The van der Waals surface area contributed by atoms with Crippen molar-refractivity contribution in [3.05, 3.63) is 35.6 Å².